The highest BCUT2D eigenvalue weighted by molar-refractivity contribution is 5.90. The van der Waals surface area contributed by atoms with Gasteiger partial charge in [0.2, 0.25) is 5.82 Å². The van der Waals surface area contributed by atoms with Gasteiger partial charge in [-0.2, -0.15) is 0 Å². The first kappa shape index (κ1) is 22.7. The van der Waals surface area contributed by atoms with Gasteiger partial charge >= 0.3 is 5.97 Å². The Labute approximate surface area is 201 Å². The van der Waals surface area contributed by atoms with Crippen LogP contribution in [0.4, 0.5) is 10.2 Å². The molecule has 2 aliphatic carbocycles. The van der Waals surface area contributed by atoms with Gasteiger partial charge in [-0.3, -0.25) is 4.57 Å². The minimum atomic E-state index is -1.57. The van der Waals surface area contributed by atoms with Crippen LogP contribution in [0.3, 0.4) is 0 Å². The number of aliphatic carboxylic acids is 1. The van der Waals surface area contributed by atoms with Gasteiger partial charge in [0.05, 0.1) is 0 Å². The molecule has 4 N–H and O–H groups in total. The Bertz CT molecular complexity index is 1440. The number of aliphatic hydroxyl groups is 1. The number of anilines is 1. The highest BCUT2D eigenvalue weighted by Crippen LogP contribution is 2.37. The van der Waals surface area contributed by atoms with E-state index in [1.54, 1.807) is 30.4 Å². The number of nitrogens with zero attached hydrogens (tertiary/aromatic N) is 4. The van der Waals surface area contributed by atoms with Crippen molar-refractivity contribution in [3.05, 3.63) is 60.2 Å². The SMILES string of the molecule is Nc1nc(C#CC2(O)CCCCC2)nc2c1nc(-c1cccc(F)c1)n2C1(C(=O)O)C=CC=CC1. The Kier molecular flexibility index (Phi) is 5.61. The summed E-state index contributed by atoms with van der Waals surface area (Å²) >= 11 is 0. The lowest BCUT2D eigenvalue weighted by molar-refractivity contribution is -0.144. The first-order valence-corrected chi connectivity index (χ1v) is 11.5. The van der Waals surface area contributed by atoms with Crippen molar-refractivity contribution >= 4 is 23.0 Å². The van der Waals surface area contributed by atoms with Crippen LogP contribution in [0.1, 0.15) is 44.3 Å². The fourth-order valence-electron chi connectivity index (χ4n) is 4.70. The van der Waals surface area contributed by atoms with Crippen LogP contribution in [-0.4, -0.2) is 41.3 Å². The monoisotopic (exact) mass is 473 g/mol. The Morgan fingerprint density at radius 1 is 1.14 bits per heavy atom. The van der Waals surface area contributed by atoms with Gasteiger partial charge in [-0.1, -0.05) is 42.7 Å². The lowest BCUT2D eigenvalue weighted by atomic mass is 9.85. The van der Waals surface area contributed by atoms with Crippen molar-refractivity contribution in [2.75, 3.05) is 5.73 Å². The van der Waals surface area contributed by atoms with Gasteiger partial charge in [0.1, 0.15) is 17.2 Å². The minimum absolute atomic E-state index is 0.0159. The summed E-state index contributed by atoms with van der Waals surface area (Å²) in [5.74, 6) is 4.37. The topological polar surface area (TPSA) is 127 Å². The third-order valence-corrected chi connectivity index (χ3v) is 6.52. The molecule has 8 nitrogen and oxygen atoms in total. The van der Waals surface area contributed by atoms with Crippen LogP contribution in [0.25, 0.3) is 22.6 Å². The van der Waals surface area contributed by atoms with E-state index in [1.165, 1.54) is 22.8 Å². The van der Waals surface area contributed by atoms with Crippen LogP contribution in [0.5, 0.6) is 0 Å². The van der Waals surface area contributed by atoms with Crippen LogP contribution >= 0.6 is 0 Å². The van der Waals surface area contributed by atoms with E-state index in [9.17, 15) is 19.4 Å². The molecule has 0 bridgehead atoms. The van der Waals surface area contributed by atoms with Gasteiger partial charge in [0.15, 0.2) is 22.5 Å². The lowest BCUT2D eigenvalue weighted by Crippen LogP contribution is -2.41. The standard InChI is InChI=1S/C26H24FN5O3/c27-18-9-7-8-17(16-18)22-31-20-21(28)29-19(10-15-25(35)11-3-1-4-12-25)30-23(20)32(22)26(24(33)34)13-5-2-6-14-26/h2,5-9,13,16,35H,1,3-4,11-12,14H2,(H,33,34)(H2,28,29,30). The van der Waals surface area contributed by atoms with Crippen molar-refractivity contribution in [3.63, 3.8) is 0 Å². The van der Waals surface area contributed by atoms with Crippen LogP contribution in [0.2, 0.25) is 0 Å². The second-order valence-electron chi connectivity index (χ2n) is 8.95. The Hall–Kier alpha value is -4.03. The molecule has 1 unspecified atom stereocenters. The number of nitrogen functional groups attached to an aromatic ring is 1. The molecule has 178 valence electrons. The third kappa shape index (κ3) is 4.06. The molecule has 0 spiro atoms. The summed E-state index contributed by atoms with van der Waals surface area (Å²) in [5, 5.41) is 21.1. The summed E-state index contributed by atoms with van der Waals surface area (Å²) in [6.45, 7) is 0. The highest BCUT2D eigenvalue weighted by Gasteiger charge is 2.42. The second-order valence-corrected chi connectivity index (χ2v) is 8.95. The van der Waals surface area contributed by atoms with Gasteiger partial charge in [0.25, 0.3) is 0 Å². The predicted octanol–water partition coefficient (Wildman–Crippen LogP) is 3.56. The van der Waals surface area contributed by atoms with Crippen molar-refractivity contribution in [2.24, 2.45) is 0 Å². The van der Waals surface area contributed by atoms with Gasteiger partial charge in [-0.15, -0.1) is 0 Å². The molecule has 3 aromatic rings. The maximum Gasteiger partial charge on any atom is 0.334 e. The summed E-state index contributed by atoms with van der Waals surface area (Å²) in [4.78, 5) is 26.0. The van der Waals surface area contributed by atoms with E-state index in [2.05, 4.69) is 26.8 Å². The fraction of sp³-hybridized carbons (Fsp3) is 0.308. The van der Waals surface area contributed by atoms with E-state index >= 15 is 0 Å². The summed E-state index contributed by atoms with van der Waals surface area (Å²) in [6, 6.07) is 5.74. The quantitative estimate of drug-likeness (QED) is 0.497. The molecule has 1 aromatic carbocycles. The molecule has 2 aliphatic rings. The number of hydrogen-bond donors (Lipinski definition) is 3. The number of rotatable bonds is 3. The van der Waals surface area contributed by atoms with Crippen molar-refractivity contribution < 1.29 is 19.4 Å². The number of fused-ring (bicyclic) bond motifs is 1. The van der Waals surface area contributed by atoms with Crippen LogP contribution in [-0.2, 0) is 10.3 Å². The zero-order valence-electron chi connectivity index (χ0n) is 18.9. The summed E-state index contributed by atoms with van der Waals surface area (Å²) in [7, 11) is 0. The molecule has 5 rings (SSSR count). The van der Waals surface area contributed by atoms with Crippen LogP contribution < -0.4 is 5.73 Å². The van der Waals surface area contributed by atoms with Gasteiger partial charge in [-0.25, -0.2) is 24.1 Å². The number of carboxylic acid groups (broad SMARTS) is 1. The number of nitrogens with two attached hydrogens (primary N) is 1. The Morgan fingerprint density at radius 2 is 1.94 bits per heavy atom. The number of halogens is 1. The van der Waals surface area contributed by atoms with E-state index < -0.39 is 22.9 Å². The number of benzene rings is 1. The van der Waals surface area contributed by atoms with Crippen molar-refractivity contribution in [1.82, 2.24) is 19.5 Å². The minimum Gasteiger partial charge on any atom is -0.479 e. The first-order valence-electron chi connectivity index (χ1n) is 11.5. The maximum atomic E-state index is 14.1. The zero-order valence-corrected chi connectivity index (χ0v) is 18.9. The van der Waals surface area contributed by atoms with Crippen molar-refractivity contribution in [1.29, 1.82) is 0 Å². The number of carboxylic acids is 1. The van der Waals surface area contributed by atoms with Crippen LogP contribution in [0.15, 0.2) is 48.6 Å². The summed E-state index contributed by atoms with van der Waals surface area (Å²) < 4.78 is 15.6. The van der Waals surface area contributed by atoms with Crippen molar-refractivity contribution in [3.8, 4) is 23.2 Å². The zero-order chi connectivity index (χ0) is 24.6. The van der Waals surface area contributed by atoms with E-state index in [4.69, 9.17) is 5.73 Å². The average molecular weight is 474 g/mol. The number of hydrogen-bond acceptors (Lipinski definition) is 6. The van der Waals surface area contributed by atoms with Gasteiger partial charge < -0.3 is 15.9 Å². The third-order valence-electron chi connectivity index (χ3n) is 6.52. The van der Waals surface area contributed by atoms with Crippen LogP contribution in [0, 0.1) is 17.7 Å². The molecule has 2 heterocycles. The van der Waals surface area contributed by atoms with Gasteiger partial charge in [-0.05, 0) is 49.8 Å². The Morgan fingerprint density at radius 3 is 2.63 bits per heavy atom. The fourth-order valence-corrected chi connectivity index (χ4v) is 4.70. The first-order chi connectivity index (χ1) is 16.8. The number of imidazole rings is 1. The highest BCUT2D eigenvalue weighted by atomic mass is 19.1. The van der Waals surface area contributed by atoms with E-state index in [1.807, 2.05) is 0 Å². The molecule has 0 saturated heterocycles. The molecule has 1 fully saturated rings. The molecule has 9 heteroatoms. The molecule has 2 aromatic heterocycles. The lowest BCUT2D eigenvalue weighted by Gasteiger charge is -2.30. The maximum absolute atomic E-state index is 14.1. The molecule has 1 saturated carbocycles. The largest absolute Gasteiger partial charge is 0.479 e. The normalized spacial score (nSPS) is 21.0. The number of allylic oxidation sites excluding steroid dienone is 3. The average Bonchev–Trinajstić information content (AvgIpc) is 3.24. The number of aromatic nitrogens is 4. The summed E-state index contributed by atoms with van der Waals surface area (Å²) in [5.41, 5.74) is 4.27. The number of carbonyl (C=O) groups is 1. The van der Waals surface area contributed by atoms with E-state index in [-0.39, 0.29) is 35.1 Å². The van der Waals surface area contributed by atoms with E-state index in [0.717, 1.165) is 19.3 Å². The second kappa shape index (κ2) is 8.64. The molecule has 1 atom stereocenters. The molecule has 0 amide bonds. The molecule has 0 radical (unpaired) electrons. The molecule has 35 heavy (non-hydrogen) atoms. The molecular formula is C26H24FN5O3. The predicted molar refractivity (Wildman–Crippen MR) is 129 cm³/mol. The Balaban J connectivity index is 1.76. The smallest absolute Gasteiger partial charge is 0.334 e. The van der Waals surface area contributed by atoms with Crippen molar-refractivity contribution in [2.45, 2.75) is 49.7 Å². The summed E-state index contributed by atoms with van der Waals surface area (Å²) in [6.07, 6.45) is 10.8. The van der Waals surface area contributed by atoms with Gasteiger partial charge in [0, 0.05) is 12.0 Å². The van der Waals surface area contributed by atoms with E-state index in [0.29, 0.717) is 18.4 Å². The molecular weight excluding hydrogens is 449 g/mol. The molecule has 0 aliphatic heterocycles.